The van der Waals surface area contributed by atoms with Crippen LogP contribution in [0.2, 0.25) is 0 Å². The molecule has 2 rings (SSSR count). The van der Waals surface area contributed by atoms with E-state index in [0.717, 1.165) is 43.9 Å². The highest BCUT2D eigenvalue weighted by Gasteiger charge is 2.15. The number of nitrogens with zero attached hydrogens (tertiary/aromatic N) is 2. The van der Waals surface area contributed by atoms with Gasteiger partial charge in [-0.15, -0.1) is 0 Å². The second-order valence-corrected chi connectivity index (χ2v) is 7.58. The minimum absolute atomic E-state index is 0.735. The van der Waals surface area contributed by atoms with E-state index < -0.39 is 0 Å². The minimum Gasteiger partial charge on any atom is -0.355 e. The molecule has 1 fully saturated rings. The van der Waals surface area contributed by atoms with Crippen molar-refractivity contribution >= 4 is 17.7 Å². The maximum atomic E-state index is 4.36. The topological polar surface area (TPSA) is 39.7 Å². The van der Waals surface area contributed by atoms with Crippen LogP contribution in [0.25, 0.3) is 0 Å². The molecule has 2 N–H and O–H groups in total. The van der Waals surface area contributed by atoms with Gasteiger partial charge in [0.25, 0.3) is 0 Å². The molecule has 1 aliphatic heterocycles. The third-order valence-electron chi connectivity index (χ3n) is 4.60. The van der Waals surface area contributed by atoms with Crippen molar-refractivity contribution in [2.45, 2.75) is 45.0 Å². The Morgan fingerprint density at radius 1 is 1.21 bits per heavy atom. The molecule has 0 aliphatic carbocycles. The first-order valence-electron chi connectivity index (χ1n) is 9.12. The Morgan fingerprint density at radius 2 is 1.96 bits per heavy atom. The summed E-state index contributed by atoms with van der Waals surface area (Å²) in [6.07, 6.45) is 2.67. The Morgan fingerprint density at radius 3 is 2.58 bits per heavy atom. The molecular weight excluding hydrogens is 316 g/mol. The number of hydrogen-bond donors (Lipinski definition) is 2. The molecule has 0 radical (unpaired) electrons. The summed E-state index contributed by atoms with van der Waals surface area (Å²) in [7, 11) is 1.85. The largest absolute Gasteiger partial charge is 0.355 e. The van der Waals surface area contributed by atoms with Gasteiger partial charge in [-0.1, -0.05) is 38.1 Å². The zero-order chi connectivity index (χ0) is 17.2. The standard InChI is InChI=1S/C19H32N4S/c1-4-23(5-2)15-17-10-7-6-9-16(17)13-21-19(20-3)22-14-18-11-8-12-24-18/h6-7,9-10,18H,4-5,8,11-15H2,1-3H3,(H2,20,21,22). The molecule has 1 atom stereocenters. The molecule has 0 spiro atoms. The summed E-state index contributed by atoms with van der Waals surface area (Å²) in [5.41, 5.74) is 2.75. The smallest absolute Gasteiger partial charge is 0.191 e. The Kier molecular flexibility index (Phi) is 8.47. The predicted octanol–water partition coefficient (Wildman–Crippen LogP) is 3.09. The average molecular weight is 349 g/mol. The second-order valence-electron chi connectivity index (χ2n) is 6.17. The average Bonchev–Trinajstić information content (AvgIpc) is 3.14. The SMILES string of the molecule is CCN(CC)Cc1ccccc1CNC(=NC)NCC1CCCS1. The number of guanidine groups is 1. The zero-order valence-corrected chi connectivity index (χ0v) is 16.2. The lowest BCUT2D eigenvalue weighted by Gasteiger charge is -2.21. The maximum Gasteiger partial charge on any atom is 0.191 e. The van der Waals surface area contributed by atoms with Gasteiger partial charge in [0.1, 0.15) is 0 Å². The molecule has 24 heavy (non-hydrogen) atoms. The van der Waals surface area contributed by atoms with Crippen molar-refractivity contribution in [2.75, 3.05) is 32.4 Å². The molecule has 0 aromatic heterocycles. The molecule has 1 aromatic carbocycles. The number of thioether (sulfide) groups is 1. The number of nitrogens with one attached hydrogen (secondary N) is 2. The molecule has 5 heteroatoms. The quantitative estimate of drug-likeness (QED) is 0.559. The lowest BCUT2D eigenvalue weighted by Crippen LogP contribution is -2.40. The fourth-order valence-corrected chi connectivity index (χ4v) is 4.19. The van der Waals surface area contributed by atoms with Crippen LogP contribution < -0.4 is 10.6 Å². The van der Waals surface area contributed by atoms with Gasteiger partial charge in [0.05, 0.1) is 0 Å². The zero-order valence-electron chi connectivity index (χ0n) is 15.3. The van der Waals surface area contributed by atoms with E-state index in [4.69, 9.17) is 0 Å². The fraction of sp³-hybridized carbons (Fsp3) is 0.632. The van der Waals surface area contributed by atoms with Crippen molar-refractivity contribution in [3.05, 3.63) is 35.4 Å². The van der Waals surface area contributed by atoms with Crippen molar-refractivity contribution in [2.24, 2.45) is 4.99 Å². The number of hydrogen-bond acceptors (Lipinski definition) is 3. The highest BCUT2D eigenvalue weighted by atomic mass is 32.2. The molecule has 0 bridgehead atoms. The van der Waals surface area contributed by atoms with Gasteiger partial charge < -0.3 is 10.6 Å². The van der Waals surface area contributed by atoms with Gasteiger partial charge in [-0.3, -0.25) is 9.89 Å². The maximum absolute atomic E-state index is 4.36. The van der Waals surface area contributed by atoms with E-state index in [1.807, 2.05) is 7.05 Å². The van der Waals surface area contributed by atoms with E-state index >= 15 is 0 Å². The van der Waals surface area contributed by atoms with E-state index in [9.17, 15) is 0 Å². The highest BCUT2D eigenvalue weighted by Crippen LogP contribution is 2.25. The summed E-state index contributed by atoms with van der Waals surface area (Å²) in [4.78, 5) is 6.81. The first-order chi connectivity index (χ1) is 11.8. The fourth-order valence-electron chi connectivity index (χ4n) is 2.99. The lowest BCUT2D eigenvalue weighted by molar-refractivity contribution is 0.295. The molecule has 1 aliphatic rings. The normalized spacial score (nSPS) is 18.2. The van der Waals surface area contributed by atoms with Crippen LogP contribution in [0.1, 0.15) is 37.8 Å². The van der Waals surface area contributed by atoms with Gasteiger partial charge in [-0.05, 0) is 42.8 Å². The van der Waals surface area contributed by atoms with E-state index in [0.29, 0.717) is 0 Å². The van der Waals surface area contributed by atoms with Crippen LogP contribution in [0.15, 0.2) is 29.3 Å². The Labute approximate surface area is 151 Å². The summed E-state index contributed by atoms with van der Waals surface area (Å²) in [6, 6.07) is 8.70. The van der Waals surface area contributed by atoms with Crippen molar-refractivity contribution in [1.82, 2.24) is 15.5 Å². The van der Waals surface area contributed by atoms with E-state index in [1.54, 1.807) is 0 Å². The number of benzene rings is 1. The summed E-state index contributed by atoms with van der Waals surface area (Å²) in [5.74, 6) is 2.21. The van der Waals surface area contributed by atoms with Crippen LogP contribution in [-0.2, 0) is 13.1 Å². The molecular formula is C19H32N4S. The summed E-state index contributed by atoms with van der Waals surface area (Å²) >= 11 is 2.07. The predicted molar refractivity (Wildman–Crippen MR) is 107 cm³/mol. The molecule has 1 saturated heterocycles. The van der Waals surface area contributed by atoms with Gasteiger partial charge >= 0.3 is 0 Å². The van der Waals surface area contributed by atoms with Gasteiger partial charge in [-0.2, -0.15) is 11.8 Å². The summed E-state index contributed by atoms with van der Waals surface area (Å²) in [5, 5.41) is 7.68. The first kappa shape index (κ1) is 19.1. The number of aliphatic imine (C=N–C) groups is 1. The molecule has 1 unspecified atom stereocenters. The van der Waals surface area contributed by atoms with Gasteiger partial charge in [-0.25, -0.2) is 0 Å². The lowest BCUT2D eigenvalue weighted by atomic mass is 10.1. The molecule has 0 amide bonds. The van der Waals surface area contributed by atoms with Crippen LogP contribution in [0, 0.1) is 0 Å². The van der Waals surface area contributed by atoms with Crippen molar-refractivity contribution in [3.8, 4) is 0 Å². The van der Waals surface area contributed by atoms with Crippen LogP contribution in [0.3, 0.4) is 0 Å². The number of rotatable bonds is 8. The highest BCUT2D eigenvalue weighted by molar-refractivity contribution is 8.00. The monoisotopic (exact) mass is 348 g/mol. The molecule has 4 nitrogen and oxygen atoms in total. The van der Waals surface area contributed by atoms with E-state index in [1.165, 1.54) is 29.7 Å². The van der Waals surface area contributed by atoms with Crippen LogP contribution >= 0.6 is 11.8 Å². The summed E-state index contributed by atoms with van der Waals surface area (Å²) in [6.45, 7) is 9.44. The Hall–Kier alpha value is -1.20. The minimum atomic E-state index is 0.735. The van der Waals surface area contributed by atoms with Gasteiger partial charge in [0, 0.05) is 31.9 Å². The van der Waals surface area contributed by atoms with Crippen LogP contribution in [0.5, 0.6) is 0 Å². The Balaban J connectivity index is 1.87. The molecule has 1 aromatic rings. The Bertz CT molecular complexity index is 508. The molecule has 134 valence electrons. The summed E-state index contributed by atoms with van der Waals surface area (Å²) < 4.78 is 0. The van der Waals surface area contributed by atoms with Gasteiger partial charge in [0.15, 0.2) is 5.96 Å². The molecule has 1 heterocycles. The van der Waals surface area contributed by atoms with Gasteiger partial charge in [0.2, 0.25) is 0 Å². The van der Waals surface area contributed by atoms with E-state index in [-0.39, 0.29) is 0 Å². The van der Waals surface area contributed by atoms with Crippen LogP contribution in [-0.4, -0.2) is 48.5 Å². The third kappa shape index (κ3) is 6.02. The third-order valence-corrected chi connectivity index (χ3v) is 6.00. The van der Waals surface area contributed by atoms with E-state index in [2.05, 4.69) is 70.4 Å². The molecule has 0 saturated carbocycles. The van der Waals surface area contributed by atoms with Crippen LogP contribution in [0.4, 0.5) is 0 Å². The van der Waals surface area contributed by atoms with Crippen molar-refractivity contribution < 1.29 is 0 Å². The van der Waals surface area contributed by atoms with Crippen molar-refractivity contribution in [1.29, 1.82) is 0 Å². The van der Waals surface area contributed by atoms with Crippen molar-refractivity contribution in [3.63, 3.8) is 0 Å². The second kappa shape index (κ2) is 10.6. The first-order valence-corrected chi connectivity index (χ1v) is 10.2.